The van der Waals surface area contributed by atoms with Crippen LogP contribution in [0.1, 0.15) is 9.67 Å². The van der Waals surface area contributed by atoms with Crippen molar-refractivity contribution in [2.75, 3.05) is 5.32 Å². The number of nitrogens with one attached hydrogen (secondary N) is 1. The lowest BCUT2D eigenvalue weighted by Crippen LogP contribution is -2.09. The van der Waals surface area contributed by atoms with Crippen molar-refractivity contribution >= 4 is 22.9 Å². The summed E-state index contributed by atoms with van der Waals surface area (Å²) in [5.41, 5.74) is 1.13. The molecule has 3 nitrogen and oxygen atoms in total. The first kappa shape index (κ1) is 13.5. The molecule has 0 saturated heterocycles. The zero-order valence-corrected chi connectivity index (χ0v) is 11.7. The molecule has 0 aliphatic carbocycles. The molecule has 0 aliphatic heterocycles. The van der Waals surface area contributed by atoms with E-state index in [9.17, 15) is 9.18 Å². The molecule has 2 aromatic heterocycles. The fraction of sp³-hybridized carbons (Fsp3) is 0. The van der Waals surface area contributed by atoms with Crippen molar-refractivity contribution in [3.63, 3.8) is 0 Å². The lowest BCUT2D eigenvalue weighted by molar-refractivity contribution is 0.103. The van der Waals surface area contributed by atoms with Crippen LogP contribution in [0.5, 0.6) is 0 Å². The maximum Gasteiger partial charge on any atom is 0.265 e. The van der Waals surface area contributed by atoms with Gasteiger partial charge in [0.2, 0.25) is 0 Å². The van der Waals surface area contributed by atoms with Gasteiger partial charge in [-0.25, -0.2) is 4.39 Å². The lowest BCUT2D eigenvalue weighted by Gasteiger charge is -2.02. The Balaban J connectivity index is 1.82. The quantitative estimate of drug-likeness (QED) is 0.787. The molecular formula is C16H11FN2OS. The van der Waals surface area contributed by atoms with Crippen molar-refractivity contribution in [1.82, 2.24) is 4.98 Å². The Labute approximate surface area is 125 Å². The standard InChI is InChI=1S/C16H11FN2OS/c17-13-6-2-1-5-12(13)14-7-8-15(21-14)16(20)19-11-4-3-9-18-10-11/h1-10H,(H,19,20). The number of carbonyl (C=O) groups is 1. The van der Waals surface area contributed by atoms with Gasteiger partial charge in [0.25, 0.3) is 5.91 Å². The SMILES string of the molecule is O=C(Nc1cccnc1)c1ccc(-c2ccccc2F)s1. The van der Waals surface area contributed by atoms with Crippen molar-refractivity contribution in [2.24, 2.45) is 0 Å². The highest BCUT2D eigenvalue weighted by molar-refractivity contribution is 7.17. The first-order valence-corrected chi connectivity index (χ1v) is 7.12. The molecule has 3 aromatic rings. The number of pyridine rings is 1. The smallest absolute Gasteiger partial charge is 0.265 e. The van der Waals surface area contributed by atoms with Crippen molar-refractivity contribution in [2.45, 2.75) is 0 Å². The third-order valence-corrected chi connectivity index (χ3v) is 4.01. The largest absolute Gasteiger partial charge is 0.320 e. The van der Waals surface area contributed by atoms with Gasteiger partial charge in [0.05, 0.1) is 16.8 Å². The van der Waals surface area contributed by atoms with Gasteiger partial charge in [-0.3, -0.25) is 9.78 Å². The van der Waals surface area contributed by atoms with E-state index in [1.807, 2.05) is 0 Å². The summed E-state index contributed by atoms with van der Waals surface area (Å²) in [5, 5.41) is 2.75. The predicted octanol–water partition coefficient (Wildman–Crippen LogP) is 4.20. The average Bonchev–Trinajstić information content (AvgIpc) is 2.98. The Hall–Kier alpha value is -2.53. The molecule has 1 aromatic carbocycles. The molecule has 5 heteroatoms. The van der Waals surface area contributed by atoms with E-state index in [1.54, 1.807) is 54.9 Å². The van der Waals surface area contributed by atoms with Crippen LogP contribution < -0.4 is 5.32 Å². The monoisotopic (exact) mass is 298 g/mol. The number of amides is 1. The number of carbonyl (C=O) groups excluding carboxylic acids is 1. The molecule has 0 bridgehead atoms. The Bertz CT molecular complexity index is 771. The van der Waals surface area contributed by atoms with Crippen LogP contribution in [0.3, 0.4) is 0 Å². The summed E-state index contributed by atoms with van der Waals surface area (Å²) >= 11 is 1.26. The Kier molecular flexibility index (Phi) is 3.75. The van der Waals surface area contributed by atoms with Crippen LogP contribution in [0.15, 0.2) is 60.9 Å². The molecule has 0 unspecified atom stereocenters. The first-order valence-electron chi connectivity index (χ1n) is 6.30. The number of hydrogen-bond acceptors (Lipinski definition) is 3. The maximum atomic E-state index is 13.7. The van der Waals surface area contributed by atoms with Crippen LogP contribution in [0.4, 0.5) is 10.1 Å². The zero-order chi connectivity index (χ0) is 14.7. The number of rotatable bonds is 3. The summed E-state index contributed by atoms with van der Waals surface area (Å²) in [7, 11) is 0. The summed E-state index contributed by atoms with van der Waals surface area (Å²) in [6.45, 7) is 0. The van der Waals surface area contributed by atoms with E-state index in [-0.39, 0.29) is 11.7 Å². The van der Waals surface area contributed by atoms with Crippen LogP contribution in [0, 0.1) is 5.82 Å². The molecule has 0 atom stereocenters. The molecule has 0 fully saturated rings. The van der Waals surface area contributed by atoms with E-state index in [4.69, 9.17) is 0 Å². The molecule has 0 aliphatic rings. The van der Waals surface area contributed by atoms with E-state index in [0.29, 0.717) is 16.1 Å². The minimum atomic E-state index is -0.293. The summed E-state index contributed by atoms with van der Waals surface area (Å²) in [6.07, 6.45) is 3.21. The van der Waals surface area contributed by atoms with E-state index in [2.05, 4.69) is 10.3 Å². The Morgan fingerprint density at radius 1 is 1.10 bits per heavy atom. The third kappa shape index (κ3) is 2.98. The van der Waals surface area contributed by atoms with Gasteiger partial charge in [-0.2, -0.15) is 0 Å². The van der Waals surface area contributed by atoms with Crippen LogP contribution in [0.25, 0.3) is 10.4 Å². The summed E-state index contributed by atoms with van der Waals surface area (Å²) in [5.74, 6) is -0.519. The lowest BCUT2D eigenvalue weighted by atomic mass is 10.2. The normalized spacial score (nSPS) is 10.3. The first-order chi connectivity index (χ1) is 10.2. The molecule has 2 heterocycles. The van der Waals surface area contributed by atoms with Gasteiger partial charge in [-0.05, 0) is 30.3 Å². The van der Waals surface area contributed by atoms with Gasteiger partial charge < -0.3 is 5.32 Å². The molecule has 0 spiro atoms. The van der Waals surface area contributed by atoms with E-state index >= 15 is 0 Å². The van der Waals surface area contributed by atoms with Gasteiger partial charge >= 0.3 is 0 Å². The Morgan fingerprint density at radius 2 is 1.95 bits per heavy atom. The van der Waals surface area contributed by atoms with E-state index in [1.165, 1.54) is 17.4 Å². The highest BCUT2D eigenvalue weighted by atomic mass is 32.1. The summed E-state index contributed by atoms with van der Waals surface area (Å²) in [6, 6.07) is 13.5. The molecule has 1 N–H and O–H groups in total. The van der Waals surface area contributed by atoms with Gasteiger partial charge in [-0.15, -0.1) is 11.3 Å². The molecule has 3 rings (SSSR count). The van der Waals surface area contributed by atoms with E-state index < -0.39 is 0 Å². The number of benzene rings is 1. The number of anilines is 1. The number of nitrogens with zero attached hydrogens (tertiary/aromatic N) is 1. The highest BCUT2D eigenvalue weighted by Gasteiger charge is 2.12. The fourth-order valence-corrected chi connectivity index (χ4v) is 2.82. The second-order valence-electron chi connectivity index (χ2n) is 4.34. The summed E-state index contributed by atoms with van der Waals surface area (Å²) < 4.78 is 13.7. The van der Waals surface area contributed by atoms with Crippen molar-refractivity contribution in [3.8, 4) is 10.4 Å². The second kappa shape index (κ2) is 5.85. The molecule has 21 heavy (non-hydrogen) atoms. The molecule has 1 amide bonds. The molecule has 0 radical (unpaired) electrons. The van der Waals surface area contributed by atoms with Crippen molar-refractivity contribution in [3.05, 3.63) is 71.6 Å². The zero-order valence-electron chi connectivity index (χ0n) is 10.9. The van der Waals surface area contributed by atoms with Gasteiger partial charge in [0.15, 0.2) is 0 Å². The molecule has 0 saturated carbocycles. The molecular weight excluding hydrogens is 287 g/mol. The van der Waals surface area contributed by atoms with Gasteiger partial charge in [0, 0.05) is 16.6 Å². The number of thiophene rings is 1. The predicted molar refractivity (Wildman–Crippen MR) is 81.9 cm³/mol. The summed E-state index contributed by atoms with van der Waals surface area (Å²) in [4.78, 5) is 17.3. The minimum Gasteiger partial charge on any atom is -0.320 e. The Morgan fingerprint density at radius 3 is 2.71 bits per heavy atom. The van der Waals surface area contributed by atoms with Crippen LogP contribution >= 0.6 is 11.3 Å². The highest BCUT2D eigenvalue weighted by Crippen LogP contribution is 2.30. The minimum absolute atomic E-state index is 0.226. The molecule has 104 valence electrons. The van der Waals surface area contributed by atoms with Crippen molar-refractivity contribution < 1.29 is 9.18 Å². The van der Waals surface area contributed by atoms with Crippen LogP contribution in [-0.2, 0) is 0 Å². The maximum absolute atomic E-state index is 13.7. The van der Waals surface area contributed by atoms with Crippen LogP contribution in [-0.4, -0.2) is 10.9 Å². The fourth-order valence-electron chi connectivity index (χ4n) is 1.90. The van der Waals surface area contributed by atoms with Crippen LogP contribution in [0.2, 0.25) is 0 Å². The van der Waals surface area contributed by atoms with Crippen molar-refractivity contribution in [1.29, 1.82) is 0 Å². The number of aromatic nitrogens is 1. The number of hydrogen-bond donors (Lipinski definition) is 1. The van der Waals surface area contributed by atoms with E-state index in [0.717, 1.165) is 4.88 Å². The average molecular weight is 298 g/mol. The van der Waals surface area contributed by atoms with Gasteiger partial charge in [-0.1, -0.05) is 18.2 Å². The van der Waals surface area contributed by atoms with Gasteiger partial charge in [0.1, 0.15) is 5.82 Å². The third-order valence-electron chi connectivity index (χ3n) is 2.89. The number of halogens is 1. The topological polar surface area (TPSA) is 42.0 Å². The second-order valence-corrected chi connectivity index (χ2v) is 5.42.